The number of anilines is 1. The molecule has 0 fully saturated rings. The number of pyridine rings is 1. The second-order valence-electron chi connectivity index (χ2n) is 3.82. The van der Waals surface area contributed by atoms with Crippen LogP contribution < -0.4 is 10.6 Å². The Bertz CT molecular complexity index is 450. The van der Waals surface area contributed by atoms with Crippen LogP contribution >= 0.6 is 11.3 Å². The van der Waals surface area contributed by atoms with Crippen LogP contribution in [0.3, 0.4) is 0 Å². The monoisotopic (exact) mass is 221 g/mol. The molecule has 0 aliphatic carbocycles. The molecule has 0 saturated heterocycles. The van der Waals surface area contributed by atoms with Gasteiger partial charge in [0.15, 0.2) is 0 Å². The van der Waals surface area contributed by atoms with Crippen LogP contribution in [0.25, 0.3) is 10.1 Å². The first-order valence-electron chi connectivity index (χ1n) is 4.97. The highest BCUT2D eigenvalue weighted by Gasteiger charge is 2.09. The Morgan fingerprint density at radius 1 is 1.53 bits per heavy atom. The number of rotatable bonds is 3. The molecule has 4 heteroatoms. The minimum Gasteiger partial charge on any atom is -0.358 e. The summed E-state index contributed by atoms with van der Waals surface area (Å²) in [4.78, 5) is 6.52. The molecule has 0 aliphatic heterocycles. The minimum atomic E-state index is 0.158. The molecule has 2 aromatic rings. The van der Waals surface area contributed by atoms with E-state index in [4.69, 9.17) is 5.73 Å². The standard InChI is InChI=1S/C11H15N3S/c1-8(12)7-14(2)11-9-4-6-15-10(9)3-5-13-11/h3-6,8H,7,12H2,1-2H3. The lowest BCUT2D eigenvalue weighted by atomic mass is 10.3. The summed E-state index contributed by atoms with van der Waals surface area (Å²) in [5, 5.41) is 3.31. The van der Waals surface area contributed by atoms with Crippen molar-refractivity contribution in [2.75, 3.05) is 18.5 Å². The van der Waals surface area contributed by atoms with Gasteiger partial charge < -0.3 is 10.6 Å². The Morgan fingerprint density at radius 3 is 3.07 bits per heavy atom. The largest absolute Gasteiger partial charge is 0.358 e. The Morgan fingerprint density at radius 2 is 2.33 bits per heavy atom. The zero-order chi connectivity index (χ0) is 10.8. The summed E-state index contributed by atoms with van der Waals surface area (Å²) in [6, 6.07) is 4.31. The molecule has 0 bridgehead atoms. The van der Waals surface area contributed by atoms with E-state index in [0.717, 1.165) is 12.4 Å². The van der Waals surface area contributed by atoms with Crippen molar-refractivity contribution in [1.82, 2.24) is 4.98 Å². The maximum absolute atomic E-state index is 5.78. The predicted molar refractivity (Wildman–Crippen MR) is 66.5 cm³/mol. The highest BCUT2D eigenvalue weighted by molar-refractivity contribution is 7.17. The molecule has 2 aromatic heterocycles. The van der Waals surface area contributed by atoms with Gasteiger partial charge in [0.05, 0.1) is 0 Å². The van der Waals surface area contributed by atoms with E-state index in [1.165, 1.54) is 10.1 Å². The lowest BCUT2D eigenvalue weighted by molar-refractivity contribution is 0.714. The van der Waals surface area contributed by atoms with Crippen molar-refractivity contribution in [2.45, 2.75) is 13.0 Å². The third-order valence-electron chi connectivity index (χ3n) is 2.28. The molecule has 0 aromatic carbocycles. The fourth-order valence-corrected chi connectivity index (χ4v) is 2.48. The Labute approximate surface area is 93.5 Å². The van der Waals surface area contributed by atoms with Crippen molar-refractivity contribution >= 4 is 27.2 Å². The normalized spacial score (nSPS) is 13.0. The maximum Gasteiger partial charge on any atom is 0.137 e. The summed E-state index contributed by atoms with van der Waals surface area (Å²) in [5.41, 5.74) is 5.78. The molecule has 0 amide bonds. The third kappa shape index (κ3) is 2.11. The Hall–Kier alpha value is -1.13. The van der Waals surface area contributed by atoms with E-state index in [0.29, 0.717) is 0 Å². The van der Waals surface area contributed by atoms with Crippen molar-refractivity contribution in [1.29, 1.82) is 0 Å². The number of aromatic nitrogens is 1. The molecular weight excluding hydrogens is 206 g/mol. The van der Waals surface area contributed by atoms with Gasteiger partial charge in [0.25, 0.3) is 0 Å². The first-order chi connectivity index (χ1) is 7.18. The fourth-order valence-electron chi connectivity index (χ4n) is 1.70. The van der Waals surface area contributed by atoms with E-state index in [1.54, 1.807) is 11.3 Å². The van der Waals surface area contributed by atoms with Crippen LogP contribution in [-0.2, 0) is 0 Å². The first kappa shape index (κ1) is 10.4. The van der Waals surface area contributed by atoms with Gasteiger partial charge in [0.2, 0.25) is 0 Å². The molecule has 0 saturated carbocycles. The van der Waals surface area contributed by atoms with E-state index in [2.05, 4.69) is 21.3 Å². The average Bonchev–Trinajstić information content (AvgIpc) is 2.63. The molecule has 3 nitrogen and oxygen atoms in total. The smallest absolute Gasteiger partial charge is 0.137 e. The van der Waals surface area contributed by atoms with Crippen molar-refractivity contribution in [3.05, 3.63) is 23.7 Å². The topological polar surface area (TPSA) is 42.1 Å². The van der Waals surface area contributed by atoms with Crippen LogP contribution in [0.4, 0.5) is 5.82 Å². The summed E-state index contributed by atoms with van der Waals surface area (Å²) >= 11 is 1.74. The van der Waals surface area contributed by atoms with Gasteiger partial charge >= 0.3 is 0 Å². The molecule has 15 heavy (non-hydrogen) atoms. The van der Waals surface area contributed by atoms with Gasteiger partial charge in [-0.15, -0.1) is 11.3 Å². The van der Waals surface area contributed by atoms with Crippen LogP contribution in [0.2, 0.25) is 0 Å². The van der Waals surface area contributed by atoms with Crippen LogP contribution in [-0.4, -0.2) is 24.6 Å². The SMILES string of the molecule is CC(N)CN(C)c1nccc2sccc12. The van der Waals surface area contributed by atoms with Gasteiger partial charge in [0, 0.05) is 35.9 Å². The molecule has 80 valence electrons. The molecule has 0 aliphatic rings. The molecule has 2 N–H and O–H groups in total. The molecule has 1 atom stereocenters. The van der Waals surface area contributed by atoms with Crippen LogP contribution in [0.15, 0.2) is 23.7 Å². The van der Waals surface area contributed by atoms with Crippen LogP contribution in [0.5, 0.6) is 0 Å². The molecule has 0 spiro atoms. The maximum atomic E-state index is 5.78. The lowest BCUT2D eigenvalue weighted by Crippen LogP contribution is -2.33. The third-order valence-corrected chi connectivity index (χ3v) is 3.16. The average molecular weight is 221 g/mol. The summed E-state index contributed by atoms with van der Waals surface area (Å²) in [5.74, 6) is 1.02. The summed E-state index contributed by atoms with van der Waals surface area (Å²) in [7, 11) is 2.03. The van der Waals surface area contributed by atoms with Gasteiger partial charge in [-0.1, -0.05) is 0 Å². The highest BCUT2D eigenvalue weighted by atomic mass is 32.1. The highest BCUT2D eigenvalue weighted by Crippen LogP contribution is 2.27. The Kier molecular flexibility index (Phi) is 2.88. The second kappa shape index (κ2) is 4.16. The van der Waals surface area contributed by atoms with E-state index >= 15 is 0 Å². The summed E-state index contributed by atoms with van der Waals surface area (Å²) in [6.07, 6.45) is 1.85. The van der Waals surface area contributed by atoms with Gasteiger partial charge in [-0.05, 0) is 24.4 Å². The van der Waals surface area contributed by atoms with Crippen molar-refractivity contribution in [2.24, 2.45) is 5.73 Å². The van der Waals surface area contributed by atoms with Crippen molar-refractivity contribution in [3.63, 3.8) is 0 Å². The summed E-state index contributed by atoms with van der Waals surface area (Å²) in [6.45, 7) is 2.83. The molecule has 2 rings (SSSR count). The van der Waals surface area contributed by atoms with Crippen molar-refractivity contribution in [3.8, 4) is 0 Å². The van der Waals surface area contributed by atoms with Crippen molar-refractivity contribution < 1.29 is 0 Å². The number of nitrogens with zero attached hydrogens (tertiary/aromatic N) is 2. The van der Waals surface area contributed by atoms with E-state index in [9.17, 15) is 0 Å². The van der Waals surface area contributed by atoms with Crippen LogP contribution in [0, 0.1) is 0 Å². The zero-order valence-electron chi connectivity index (χ0n) is 8.97. The summed E-state index contributed by atoms with van der Waals surface area (Å²) < 4.78 is 1.27. The number of fused-ring (bicyclic) bond motifs is 1. The predicted octanol–water partition coefficient (Wildman–Crippen LogP) is 2.08. The number of hydrogen-bond donors (Lipinski definition) is 1. The zero-order valence-corrected chi connectivity index (χ0v) is 9.79. The number of likely N-dealkylation sites (N-methyl/N-ethyl adjacent to an activating group) is 1. The lowest BCUT2D eigenvalue weighted by Gasteiger charge is -2.20. The fraction of sp³-hybridized carbons (Fsp3) is 0.364. The minimum absolute atomic E-state index is 0.158. The first-order valence-corrected chi connectivity index (χ1v) is 5.85. The van der Waals surface area contributed by atoms with Gasteiger partial charge in [-0.25, -0.2) is 4.98 Å². The van der Waals surface area contributed by atoms with E-state index in [1.807, 2.05) is 26.2 Å². The molecule has 1 unspecified atom stereocenters. The molecule has 2 heterocycles. The van der Waals surface area contributed by atoms with Crippen LogP contribution in [0.1, 0.15) is 6.92 Å². The number of thiophene rings is 1. The Balaban J connectivity index is 2.38. The van der Waals surface area contributed by atoms with Gasteiger partial charge in [-0.3, -0.25) is 0 Å². The molecule has 0 radical (unpaired) electrons. The van der Waals surface area contributed by atoms with Gasteiger partial charge in [-0.2, -0.15) is 0 Å². The van der Waals surface area contributed by atoms with Gasteiger partial charge in [0.1, 0.15) is 5.82 Å². The second-order valence-corrected chi connectivity index (χ2v) is 4.77. The van der Waals surface area contributed by atoms with E-state index in [-0.39, 0.29) is 6.04 Å². The number of hydrogen-bond acceptors (Lipinski definition) is 4. The van der Waals surface area contributed by atoms with E-state index < -0.39 is 0 Å². The molecular formula is C11H15N3S. The number of nitrogens with two attached hydrogens (primary N) is 1. The quantitative estimate of drug-likeness (QED) is 0.863.